The lowest BCUT2D eigenvalue weighted by Gasteiger charge is -1.93. The number of allylic oxidation sites excluding steroid dienone is 1. The van der Waals surface area contributed by atoms with Gasteiger partial charge in [0.15, 0.2) is 5.78 Å². The molecule has 0 atom stereocenters. The number of ketones is 1. The number of nitrogens with one attached hydrogen (secondary N) is 1. The molecule has 0 saturated heterocycles. The molecule has 20 heavy (non-hydrogen) atoms. The molecule has 0 radical (unpaired) electrons. The summed E-state index contributed by atoms with van der Waals surface area (Å²) >= 11 is 0. The molecule has 1 N–H and O–H groups in total. The van der Waals surface area contributed by atoms with Crippen molar-refractivity contribution in [3.05, 3.63) is 64.5 Å². The zero-order chi connectivity index (χ0) is 14.1. The number of hydrogen-bond acceptors (Lipinski definition) is 3. The second-order valence-electron chi connectivity index (χ2n) is 4.67. The van der Waals surface area contributed by atoms with E-state index in [0.717, 1.165) is 22.3 Å². The van der Waals surface area contributed by atoms with Crippen LogP contribution in [0.3, 0.4) is 0 Å². The standard InChI is InChI=1S/C16H13NO3/c1-20-16(19)14-7-10(9-17-14)6-12-8-11-4-2-3-5-13(11)15(12)18/h2-7,9,17H,8H2,1H3. The van der Waals surface area contributed by atoms with Gasteiger partial charge in [0.25, 0.3) is 0 Å². The lowest BCUT2D eigenvalue weighted by molar-refractivity contribution is 0.0594. The normalized spacial score (nSPS) is 15.4. The summed E-state index contributed by atoms with van der Waals surface area (Å²) in [5.74, 6) is -0.364. The van der Waals surface area contributed by atoms with Crippen LogP contribution in [0.4, 0.5) is 0 Å². The van der Waals surface area contributed by atoms with Crippen LogP contribution in [0.1, 0.15) is 32.0 Å². The highest BCUT2D eigenvalue weighted by Crippen LogP contribution is 2.27. The zero-order valence-electron chi connectivity index (χ0n) is 11.0. The molecule has 1 heterocycles. The first kappa shape index (κ1) is 12.4. The molecule has 1 aromatic heterocycles. The highest BCUT2D eigenvalue weighted by atomic mass is 16.5. The van der Waals surface area contributed by atoms with E-state index in [1.54, 1.807) is 12.3 Å². The van der Waals surface area contributed by atoms with Gasteiger partial charge in [-0.15, -0.1) is 0 Å². The molecule has 4 heteroatoms. The minimum atomic E-state index is -0.421. The number of benzene rings is 1. The summed E-state index contributed by atoms with van der Waals surface area (Å²) in [6, 6.07) is 9.28. The third-order valence-corrected chi connectivity index (χ3v) is 3.39. The average Bonchev–Trinajstić information content (AvgIpc) is 3.05. The number of carbonyl (C=O) groups is 2. The minimum absolute atomic E-state index is 0.0569. The summed E-state index contributed by atoms with van der Waals surface area (Å²) in [6.45, 7) is 0. The van der Waals surface area contributed by atoms with Gasteiger partial charge in [-0.25, -0.2) is 4.79 Å². The third kappa shape index (κ3) is 2.05. The van der Waals surface area contributed by atoms with Crippen molar-refractivity contribution in [1.29, 1.82) is 0 Å². The van der Waals surface area contributed by atoms with Crippen molar-refractivity contribution in [2.24, 2.45) is 0 Å². The molecule has 0 amide bonds. The number of carbonyl (C=O) groups excluding carboxylic acids is 2. The number of Topliss-reactive ketones (excluding diaryl/α,β-unsaturated/α-hetero) is 1. The van der Waals surface area contributed by atoms with Crippen molar-refractivity contribution >= 4 is 17.8 Å². The number of H-pyrrole nitrogens is 1. The lowest BCUT2D eigenvalue weighted by atomic mass is 10.1. The molecule has 3 rings (SSSR count). The van der Waals surface area contributed by atoms with Gasteiger partial charge < -0.3 is 9.72 Å². The summed E-state index contributed by atoms with van der Waals surface area (Å²) in [5.41, 5.74) is 3.72. The number of fused-ring (bicyclic) bond motifs is 1. The minimum Gasteiger partial charge on any atom is -0.464 e. The maximum absolute atomic E-state index is 12.2. The van der Waals surface area contributed by atoms with Gasteiger partial charge in [0.05, 0.1) is 7.11 Å². The fourth-order valence-corrected chi connectivity index (χ4v) is 2.39. The van der Waals surface area contributed by atoms with Crippen LogP contribution in [-0.4, -0.2) is 23.8 Å². The quantitative estimate of drug-likeness (QED) is 0.672. The number of rotatable bonds is 2. The summed E-state index contributed by atoms with van der Waals surface area (Å²) in [7, 11) is 1.33. The number of esters is 1. The fourth-order valence-electron chi connectivity index (χ4n) is 2.39. The number of ether oxygens (including phenoxy) is 1. The van der Waals surface area contributed by atoms with E-state index in [1.807, 2.05) is 30.3 Å². The maximum Gasteiger partial charge on any atom is 0.354 e. The molecule has 0 saturated carbocycles. The highest BCUT2D eigenvalue weighted by molar-refractivity contribution is 6.15. The van der Waals surface area contributed by atoms with Crippen molar-refractivity contribution in [3.8, 4) is 0 Å². The van der Waals surface area contributed by atoms with E-state index in [2.05, 4.69) is 9.72 Å². The van der Waals surface area contributed by atoms with Crippen molar-refractivity contribution in [1.82, 2.24) is 4.98 Å². The molecule has 0 bridgehead atoms. The monoisotopic (exact) mass is 267 g/mol. The Morgan fingerprint density at radius 1 is 1.35 bits per heavy atom. The van der Waals surface area contributed by atoms with Gasteiger partial charge in [0, 0.05) is 23.8 Å². The van der Waals surface area contributed by atoms with Crippen LogP contribution in [-0.2, 0) is 11.2 Å². The van der Waals surface area contributed by atoms with Crippen molar-refractivity contribution in [2.75, 3.05) is 7.11 Å². The number of methoxy groups -OCH3 is 1. The second kappa shape index (κ2) is 4.81. The SMILES string of the molecule is COC(=O)c1cc(C=C2Cc3ccccc3C2=O)c[nH]1. The van der Waals surface area contributed by atoms with Gasteiger partial charge in [0.1, 0.15) is 5.69 Å². The van der Waals surface area contributed by atoms with Crippen molar-refractivity contribution in [2.45, 2.75) is 6.42 Å². The van der Waals surface area contributed by atoms with E-state index >= 15 is 0 Å². The van der Waals surface area contributed by atoms with E-state index in [1.165, 1.54) is 7.11 Å². The van der Waals surface area contributed by atoms with E-state index in [9.17, 15) is 9.59 Å². The van der Waals surface area contributed by atoms with E-state index < -0.39 is 5.97 Å². The molecular formula is C16H13NO3. The first-order valence-electron chi connectivity index (χ1n) is 6.29. The van der Waals surface area contributed by atoms with Gasteiger partial charge in [-0.2, -0.15) is 0 Å². The Kier molecular flexibility index (Phi) is 2.99. The van der Waals surface area contributed by atoms with Crippen LogP contribution < -0.4 is 0 Å². The molecule has 4 nitrogen and oxygen atoms in total. The predicted molar refractivity (Wildman–Crippen MR) is 74.6 cm³/mol. The Hall–Kier alpha value is -2.62. The van der Waals surface area contributed by atoms with Crippen LogP contribution in [0.15, 0.2) is 42.1 Å². The van der Waals surface area contributed by atoms with Crippen molar-refractivity contribution < 1.29 is 14.3 Å². The Morgan fingerprint density at radius 2 is 2.15 bits per heavy atom. The maximum atomic E-state index is 12.2. The van der Waals surface area contributed by atoms with Gasteiger partial charge in [-0.1, -0.05) is 24.3 Å². The fraction of sp³-hybridized carbons (Fsp3) is 0.125. The van der Waals surface area contributed by atoms with E-state index in [4.69, 9.17) is 0 Å². The Balaban J connectivity index is 1.90. The molecule has 2 aromatic rings. The molecule has 0 aliphatic heterocycles. The summed E-state index contributed by atoms with van der Waals surface area (Å²) in [5, 5.41) is 0. The molecule has 0 fully saturated rings. The Morgan fingerprint density at radius 3 is 2.90 bits per heavy atom. The zero-order valence-corrected chi connectivity index (χ0v) is 11.0. The second-order valence-corrected chi connectivity index (χ2v) is 4.67. The average molecular weight is 267 g/mol. The van der Waals surface area contributed by atoms with Crippen LogP contribution in [0.5, 0.6) is 0 Å². The molecule has 1 aromatic carbocycles. The molecule has 100 valence electrons. The number of aromatic nitrogens is 1. The first-order valence-corrected chi connectivity index (χ1v) is 6.29. The lowest BCUT2D eigenvalue weighted by Crippen LogP contribution is -2.00. The third-order valence-electron chi connectivity index (χ3n) is 3.39. The predicted octanol–water partition coefficient (Wildman–Crippen LogP) is 2.62. The van der Waals surface area contributed by atoms with E-state index in [0.29, 0.717) is 12.1 Å². The molecular weight excluding hydrogens is 254 g/mol. The number of hydrogen-bond donors (Lipinski definition) is 1. The number of aromatic amines is 1. The van der Waals surface area contributed by atoms with Gasteiger partial charge in [-0.05, 0) is 23.3 Å². The van der Waals surface area contributed by atoms with E-state index in [-0.39, 0.29) is 5.78 Å². The van der Waals surface area contributed by atoms with Gasteiger partial charge >= 0.3 is 5.97 Å². The summed E-state index contributed by atoms with van der Waals surface area (Å²) < 4.78 is 4.63. The van der Waals surface area contributed by atoms with Crippen LogP contribution in [0, 0.1) is 0 Å². The van der Waals surface area contributed by atoms with Crippen LogP contribution in [0.2, 0.25) is 0 Å². The summed E-state index contributed by atoms with van der Waals surface area (Å²) in [6.07, 6.45) is 4.13. The first-order chi connectivity index (χ1) is 9.69. The largest absolute Gasteiger partial charge is 0.464 e. The Labute approximate surface area is 116 Å². The highest BCUT2D eigenvalue weighted by Gasteiger charge is 2.24. The van der Waals surface area contributed by atoms with Crippen LogP contribution >= 0.6 is 0 Å². The topological polar surface area (TPSA) is 59.2 Å². The Bertz CT molecular complexity index is 725. The van der Waals surface area contributed by atoms with Gasteiger partial charge in [-0.3, -0.25) is 4.79 Å². The van der Waals surface area contributed by atoms with Gasteiger partial charge in [0.2, 0.25) is 0 Å². The van der Waals surface area contributed by atoms with Crippen molar-refractivity contribution in [3.63, 3.8) is 0 Å². The molecule has 0 spiro atoms. The van der Waals surface area contributed by atoms with Crippen LogP contribution in [0.25, 0.3) is 6.08 Å². The molecule has 1 aliphatic carbocycles. The smallest absolute Gasteiger partial charge is 0.354 e. The molecule has 0 unspecified atom stereocenters. The summed E-state index contributed by atoms with van der Waals surface area (Å²) in [4.78, 5) is 26.4. The molecule has 1 aliphatic rings.